The molecule has 5 nitrogen and oxygen atoms in total. The Balaban J connectivity index is 2.66. The van der Waals surface area contributed by atoms with E-state index in [2.05, 4.69) is 0 Å². The Labute approximate surface area is 106 Å². The van der Waals surface area contributed by atoms with Crippen molar-refractivity contribution in [1.82, 2.24) is 4.57 Å². The van der Waals surface area contributed by atoms with E-state index in [1.807, 2.05) is 6.92 Å². The first-order valence-corrected chi connectivity index (χ1v) is 6.16. The number of nitrogens with zero attached hydrogens (tertiary/aromatic N) is 1. The third kappa shape index (κ3) is 4.24. The van der Waals surface area contributed by atoms with Gasteiger partial charge in [-0.1, -0.05) is 6.92 Å². The quantitative estimate of drug-likeness (QED) is 0.692. The third-order valence-electron chi connectivity index (χ3n) is 2.31. The molecule has 0 atom stereocenters. The van der Waals surface area contributed by atoms with Gasteiger partial charge in [-0.2, -0.15) is 0 Å². The molecule has 1 aromatic heterocycles. The fourth-order valence-electron chi connectivity index (χ4n) is 1.46. The van der Waals surface area contributed by atoms with Gasteiger partial charge in [-0.15, -0.1) is 0 Å². The number of carbonyl (C=O) groups excluding carboxylic acids is 1. The highest BCUT2D eigenvalue weighted by Crippen LogP contribution is 2.03. The minimum Gasteiger partial charge on any atom is -0.488 e. The van der Waals surface area contributed by atoms with Crippen LogP contribution in [0.5, 0.6) is 5.75 Å². The van der Waals surface area contributed by atoms with Crippen molar-refractivity contribution in [1.29, 1.82) is 0 Å². The summed E-state index contributed by atoms with van der Waals surface area (Å²) in [6, 6.07) is 3.37. The molecule has 0 N–H and O–H groups in total. The summed E-state index contributed by atoms with van der Waals surface area (Å²) in [5.41, 5.74) is -0.213. The number of rotatable bonds is 7. The molecule has 0 aliphatic carbocycles. The molecular formula is C13H19NO4. The average molecular weight is 253 g/mol. The lowest BCUT2D eigenvalue weighted by Gasteiger charge is -2.08. The van der Waals surface area contributed by atoms with Crippen molar-refractivity contribution in [2.75, 3.05) is 13.2 Å². The minimum atomic E-state index is -0.302. The van der Waals surface area contributed by atoms with Crippen LogP contribution < -0.4 is 10.3 Å². The second-order valence-electron chi connectivity index (χ2n) is 3.77. The average Bonchev–Trinajstić information content (AvgIpc) is 2.36. The molecule has 100 valence electrons. The maximum absolute atomic E-state index is 11.9. The van der Waals surface area contributed by atoms with Gasteiger partial charge in [-0.3, -0.25) is 9.59 Å². The van der Waals surface area contributed by atoms with Gasteiger partial charge >= 0.3 is 5.97 Å². The molecule has 0 aliphatic heterocycles. The molecule has 1 aromatic rings. The van der Waals surface area contributed by atoms with E-state index in [4.69, 9.17) is 9.47 Å². The highest BCUT2D eigenvalue weighted by molar-refractivity contribution is 5.69. The first kappa shape index (κ1) is 14.3. The van der Waals surface area contributed by atoms with Crippen molar-refractivity contribution < 1.29 is 14.3 Å². The van der Waals surface area contributed by atoms with Crippen molar-refractivity contribution in [2.24, 2.45) is 0 Å². The lowest BCUT2D eigenvalue weighted by molar-refractivity contribution is -0.143. The molecule has 5 heteroatoms. The van der Waals surface area contributed by atoms with Crippen LogP contribution >= 0.6 is 0 Å². The van der Waals surface area contributed by atoms with Crippen LogP contribution in [-0.2, 0) is 16.1 Å². The predicted octanol–water partition coefficient (Wildman–Crippen LogP) is 1.59. The van der Waals surface area contributed by atoms with Gasteiger partial charge in [-0.25, -0.2) is 0 Å². The lowest BCUT2D eigenvalue weighted by atomic mass is 10.4. The first-order chi connectivity index (χ1) is 8.69. The van der Waals surface area contributed by atoms with Crippen LogP contribution in [-0.4, -0.2) is 23.8 Å². The molecule has 18 heavy (non-hydrogen) atoms. The Bertz CT molecular complexity index is 439. The van der Waals surface area contributed by atoms with Gasteiger partial charge in [0, 0.05) is 12.7 Å². The van der Waals surface area contributed by atoms with Crippen molar-refractivity contribution in [3.05, 3.63) is 28.7 Å². The predicted molar refractivity (Wildman–Crippen MR) is 67.7 cm³/mol. The second-order valence-corrected chi connectivity index (χ2v) is 3.77. The summed E-state index contributed by atoms with van der Waals surface area (Å²) in [6.07, 6.45) is 2.67. The highest BCUT2D eigenvalue weighted by Gasteiger charge is 2.06. The number of pyridine rings is 1. The smallest absolute Gasteiger partial charge is 0.307 e. The molecule has 0 amide bonds. The summed E-state index contributed by atoms with van der Waals surface area (Å²) in [4.78, 5) is 23.1. The van der Waals surface area contributed by atoms with Crippen molar-refractivity contribution in [2.45, 2.75) is 33.2 Å². The number of hydrogen-bond donors (Lipinski definition) is 0. The van der Waals surface area contributed by atoms with Crippen molar-refractivity contribution >= 4 is 5.97 Å². The zero-order valence-corrected chi connectivity index (χ0v) is 10.8. The van der Waals surface area contributed by atoms with Gasteiger partial charge in [-0.05, 0) is 25.5 Å². The monoisotopic (exact) mass is 253 g/mol. The molecule has 0 unspecified atom stereocenters. The first-order valence-electron chi connectivity index (χ1n) is 6.16. The highest BCUT2D eigenvalue weighted by atomic mass is 16.5. The third-order valence-corrected chi connectivity index (χ3v) is 2.31. The van der Waals surface area contributed by atoms with Crippen LogP contribution in [0.15, 0.2) is 23.1 Å². The van der Waals surface area contributed by atoms with Gasteiger partial charge in [0.15, 0.2) is 5.75 Å². The van der Waals surface area contributed by atoms with Crippen LogP contribution in [0.2, 0.25) is 0 Å². The van der Waals surface area contributed by atoms with Crippen molar-refractivity contribution in [3.63, 3.8) is 0 Å². The van der Waals surface area contributed by atoms with Gasteiger partial charge in [0.1, 0.15) is 0 Å². The van der Waals surface area contributed by atoms with E-state index in [9.17, 15) is 9.59 Å². The number of aromatic nitrogens is 1. The molecular weight excluding hydrogens is 234 g/mol. The summed E-state index contributed by atoms with van der Waals surface area (Å²) >= 11 is 0. The minimum absolute atomic E-state index is 0.185. The van der Waals surface area contributed by atoms with Crippen molar-refractivity contribution in [3.8, 4) is 5.75 Å². The van der Waals surface area contributed by atoms with Gasteiger partial charge in [0.2, 0.25) is 0 Å². The molecule has 0 radical (unpaired) electrons. The van der Waals surface area contributed by atoms with Crippen LogP contribution in [0.4, 0.5) is 0 Å². The van der Waals surface area contributed by atoms with Crippen LogP contribution in [0.1, 0.15) is 26.7 Å². The van der Waals surface area contributed by atoms with Crippen LogP contribution in [0.25, 0.3) is 0 Å². The molecule has 0 saturated carbocycles. The van der Waals surface area contributed by atoms with E-state index in [0.29, 0.717) is 25.5 Å². The maximum atomic E-state index is 11.9. The van der Waals surface area contributed by atoms with Crippen LogP contribution in [0, 0.1) is 0 Å². The Hall–Kier alpha value is -1.78. The standard InChI is InChI=1S/C13H19NO4/c1-3-10-18-11-6-5-8-14(13(11)16)9-7-12(15)17-4-2/h5-6,8H,3-4,7,9-10H2,1-2H3. The largest absolute Gasteiger partial charge is 0.488 e. The summed E-state index contributed by atoms with van der Waals surface area (Å²) in [5, 5.41) is 0. The fraction of sp³-hybridized carbons (Fsp3) is 0.538. The summed E-state index contributed by atoms with van der Waals surface area (Å²) in [6.45, 7) is 4.90. The molecule has 0 saturated heterocycles. The Morgan fingerprint density at radius 1 is 1.39 bits per heavy atom. The van der Waals surface area contributed by atoms with E-state index >= 15 is 0 Å². The van der Waals surface area contributed by atoms with E-state index < -0.39 is 0 Å². The summed E-state index contributed by atoms with van der Waals surface area (Å²) in [7, 11) is 0. The SMILES string of the molecule is CCCOc1cccn(CCC(=O)OCC)c1=O. The Kier molecular flexibility index (Phi) is 5.97. The lowest BCUT2D eigenvalue weighted by Crippen LogP contribution is -2.23. The molecule has 1 rings (SSSR count). The van der Waals surface area contributed by atoms with E-state index in [1.54, 1.807) is 25.3 Å². The maximum Gasteiger partial charge on any atom is 0.307 e. The molecule has 1 heterocycles. The van der Waals surface area contributed by atoms with E-state index in [-0.39, 0.29) is 17.9 Å². The molecule has 0 aromatic carbocycles. The number of aryl methyl sites for hydroxylation is 1. The second kappa shape index (κ2) is 7.53. The normalized spacial score (nSPS) is 10.1. The number of carbonyl (C=O) groups is 1. The van der Waals surface area contributed by atoms with E-state index in [0.717, 1.165) is 6.42 Å². The molecule has 0 spiro atoms. The Morgan fingerprint density at radius 2 is 2.17 bits per heavy atom. The zero-order chi connectivity index (χ0) is 13.4. The molecule has 0 aliphatic rings. The van der Waals surface area contributed by atoms with Gasteiger partial charge < -0.3 is 14.0 Å². The Morgan fingerprint density at radius 3 is 2.83 bits per heavy atom. The molecule has 0 fully saturated rings. The summed E-state index contributed by atoms with van der Waals surface area (Å²) in [5.74, 6) is 0.0208. The fourth-order valence-corrected chi connectivity index (χ4v) is 1.46. The summed E-state index contributed by atoms with van der Waals surface area (Å²) < 4.78 is 11.6. The number of esters is 1. The van der Waals surface area contributed by atoms with Gasteiger partial charge in [0.05, 0.1) is 19.6 Å². The van der Waals surface area contributed by atoms with Gasteiger partial charge in [0.25, 0.3) is 5.56 Å². The number of ether oxygens (including phenoxy) is 2. The number of hydrogen-bond acceptors (Lipinski definition) is 4. The van der Waals surface area contributed by atoms with Crippen LogP contribution in [0.3, 0.4) is 0 Å². The topological polar surface area (TPSA) is 57.5 Å². The zero-order valence-electron chi connectivity index (χ0n) is 10.8. The molecule has 0 bridgehead atoms. The van der Waals surface area contributed by atoms with E-state index in [1.165, 1.54) is 4.57 Å².